The second kappa shape index (κ2) is 9.94. The third kappa shape index (κ3) is 5.82. The molecule has 1 aromatic rings. The Kier molecular flexibility index (Phi) is 7.90. The van der Waals surface area contributed by atoms with E-state index >= 15 is 0 Å². The maximum atomic E-state index is 12.0. The molecule has 4 heteroatoms. The van der Waals surface area contributed by atoms with Crippen molar-refractivity contribution in [3.63, 3.8) is 0 Å². The molecule has 0 saturated carbocycles. The largest absolute Gasteiger partial charge is 0.354 e. The van der Waals surface area contributed by atoms with Crippen LogP contribution >= 0.6 is 11.6 Å². The van der Waals surface area contributed by atoms with Crippen molar-refractivity contribution >= 4 is 17.5 Å². The number of likely N-dealkylation sites (tertiary alicyclic amines) is 1. The van der Waals surface area contributed by atoms with Crippen LogP contribution in [-0.2, 0) is 4.79 Å². The van der Waals surface area contributed by atoms with Gasteiger partial charge >= 0.3 is 0 Å². The molecule has 0 aromatic heterocycles. The van der Waals surface area contributed by atoms with E-state index in [0.717, 1.165) is 36.5 Å². The topological polar surface area (TPSA) is 32.3 Å². The van der Waals surface area contributed by atoms with Crippen LogP contribution in [0.2, 0.25) is 5.02 Å². The van der Waals surface area contributed by atoms with Crippen LogP contribution in [0.5, 0.6) is 0 Å². The number of amides is 1. The van der Waals surface area contributed by atoms with Gasteiger partial charge in [-0.2, -0.15) is 0 Å². The molecule has 1 saturated heterocycles. The van der Waals surface area contributed by atoms with Crippen molar-refractivity contribution in [2.24, 2.45) is 0 Å². The summed E-state index contributed by atoms with van der Waals surface area (Å²) >= 11 is 6.44. The fourth-order valence-electron chi connectivity index (χ4n) is 3.22. The smallest absolute Gasteiger partial charge is 0.220 e. The third-order valence-corrected chi connectivity index (χ3v) is 4.94. The maximum absolute atomic E-state index is 12.0. The number of carbonyl (C=O) groups excluding carboxylic acids is 1. The number of hydrogen-bond acceptors (Lipinski definition) is 2. The average molecular weight is 337 g/mol. The highest BCUT2D eigenvalue weighted by atomic mass is 35.5. The van der Waals surface area contributed by atoms with Crippen molar-refractivity contribution < 1.29 is 4.79 Å². The van der Waals surface area contributed by atoms with Gasteiger partial charge in [0.2, 0.25) is 5.91 Å². The van der Waals surface area contributed by atoms with Crippen LogP contribution in [0.3, 0.4) is 0 Å². The zero-order valence-corrected chi connectivity index (χ0v) is 14.9. The van der Waals surface area contributed by atoms with Gasteiger partial charge < -0.3 is 5.32 Å². The minimum Gasteiger partial charge on any atom is -0.354 e. The second-order valence-corrected chi connectivity index (χ2v) is 6.80. The Balaban J connectivity index is 2.08. The average Bonchev–Trinajstić information content (AvgIpc) is 2.84. The van der Waals surface area contributed by atoms with E-state index in [-0.39, 0.29) is 11.9 Å². The zero-order chi connectivity index (χ0) is 16.5. The van der Waals surface area contributed by atoms with Crippen LogP contribution in [0, 0.1) is 0 Å². The molecular formula is C19H29ClN2O. The van der Waals surface area contributed by atoms with Gasteiger partial charge in [0, 0.05) is 18.0 Å². The van der Waals surface area contributed by atoms with Crippen LogP contribution in [0.4, 0.5) is 0 Å². The molecule has 0 spiro atoms. The zero-order valence-electron chi connectivity index (χ0n) is 14.2. The maximum Gasteiger partial charge on any atom is 0.220 e. The summed E-state index contributed by atoms with van der Waals surface area (Å²) in [6.45, 7) is 4.92. The number of halogens is 1. The van der Waals surface area contributed by atoms with Crippen LogP contribution in [0.1, 0.15) is 63.5 Å². The summed E-state index contributed by atoms with van der Waals surface area (Å²) in [5, 5.41) is 3.92. The molecule has 1 aliphatic rings. The van der Waals surface area contributed by atoms with E-state index in [0.29, 0.717) is 13.0 Å². The van der Waals surface area contributed by atoms with Crippen molar-refractivity contribution in [1.29, 1.82) is 0 Å². The fraction of sp³-hybridized carbons (Fsp3) is 0.632. The van der Waals surface area contributed by atoms with Gasteiger partial charge in [0.15, 0.2) is 0 Å². The molecule has 1 amide bonds. The standard InChI is InChI=1S/C19H29ClN2O/c1-2-3-12-19(23)21-15-18(16-10-6-7-11-17(16)20)22-13-8-4-5-9-14-22/h6-7,10-11,18H,2-5,8-9,12-15H2,1H3,(H,21,23)/t18-/m0/s1. The molecule has 2 rings (SSSR count). The first-order valence-corrected chi connectivity index (χ1v) is 9.35. The van der Waals surface area contributed by atoms with Crippen LogP contribution in [0.25, 0.3) is 0 Å². The SMILES string of the molecule is CCCCC(=O)NC[C@@H](c1ccccc1Cl)N1CCCCCC1. The number of benzene rings is 1. The van der Waals surface area contributed by atoms with Gasteiger partial charge in [-0.1, -0.05) is 56.0 Å². The number of unbranched alkanes of at least 4 members (excludes halogenated alkanes) is 1. The van der Waals surface area contributed by atoms with Crippen molar-refractivity contribution in [1.82, 2.24) is 10.2 Å². The van der Waals surface area contributed by atoms with E-state index < -0.39 is 0 Å². The van der Waals surface area contributed by atoms with E-state index in [4.69, 9.17) is 11.6 Å². The van der Waals surface area contributed by atoms with Crippen molar-refractivity contribution in [2.45, 2.75) is 57.9 Å². The highest BCUT2D eigenvalue weighted by Gasteiger charge is 2.23. The summed E-state index contributed by atoms with van der Waals surface area (Å²) < 4.78 is 0. The number of nitrogens with one attached hydrogen (secondary N) is 1. The van der Waals surface area contributed by atoms with Crippen molar-refractivity contribution in [3.8, 4) is 0 Å². The first-order chi connectivity index (χ1) is 11.2. The van der Waals surface area contributed by atoms with Gasteiger partial charge in [0.25, 0.3) is 0 Å². The Labute approximate surface area is 145 Å². The van der Waals surface area contributed by atoms with E-state index in [1.165, 1.54) is 25.7 Å². The molecule has 1 aliphatic heterocycles. The minimum absolute atomic E-state index is 0.152. The molecule has 23 heavy (non-hydrogen) atoms. The molecule has 1 N–H and O–H groups in total. The minimum atomic E-state index is 0.152. The van der Waals surface area contributed by atoms with Gasteiger partial charge in [-0.05, 0) is 44.0 Å². The lowest BCUT2D eigenvalue weighted by atomic mass is 10.0. The predicted octanol–water partition coefficient (Wildman–Crippen LogP) is 4.56. The van der Waals surface area contributed by atoms with Gasteiger partial charge in [0.1, 0.15) is 0 Å². The van der Waals surface area contributed by atoms with Crippen molar-refractivity contribution in [3.05, 3.63) is 34.9 Å². The lowest BCUT2D eigenvalue weighted by molar-refractivity contribution is -0.121. The second-order valence-electron chi connectivity index (χ2n) is 6.40. The van der Waals surface area contributed by atoms with E-state index in [9.17, 15) is 4.79 Å². The summed E-state index contributed by atoms with van der Waals surface area (Å²) in [5.74, 6) is 0.152. The Bertz CT molecular complexity index is 484. The third-order valence-electron chi connectivity index (χ3n) is 4.60. The molecule has 1 heterocycles. The lowest BCUT2D eigenvalue weighted by Gasteiger charge is -2.31. The highest BCUT2D eigenvalue weighted by Crippen LogP contribution is 2.29. The number of nitrogens with zero attached hydrogens (tertiary/aromatic N) is 1. The molecule has 0 radical (unpaired) electrons. The molecule has 0 unspecified atom stereocenters. The Morgan fingerprint density at radius 2 is 1.91 bits per heavy atom. The molecule has 3 nitrogen and oxygen atoms in total. The van der Waals surface area contributed by atoms with Gasteiger partial charge in [-0.3, -0.25) is 9.69 Å². The summed E-state index contributed by atoms with van der Waals surface area (Å²) in [6.07, 6.45) is 7.67. The molecule has 0 bridgehead atoms. The van der Waals surface area contributed by atoms with Crippen LogP contribution in [0.15, 0.2) is 24.3 Å². The number of rotatable bonds is 7. The van der Waals surface area contributed by atoms with Gasteiger partial charge in [-0.15, -0.1) is 0 Å². The summed E-state index contributed by atoms with van der Waals surface area (Å²) in [6, 6.07) is 8.21. The summed E-state index contributed by atoms with van der Waals surface area (Å²) in [5.41, 5.74) is 1.13. The first-order valence-electron chi connectivity index (χ1n) is 8.97. The molecule has 1 aromatic carbocycles. The first kappa shape index (κ1) is 18.3. The van der Waals surface area contributed by atoms with Gasteiger partial charge in [0.05, 0.1) is 6.04 Å². The monoisotopic (exact) mass is 336 g/mol. The van der Waals surface area contributed by atoms with E-state index in [1.54, 1.807) is 0 Å². The number of carbonyl (C=O) groups is 1. The molecular weight excluding hydrogens is 308 g/mol. The van der Waals surface area contributed by atoms with Crippen LogP contribution < -0.4 is 5.32 Å². The normalized spacial score (nSPS) is 17.5. The fourth-order valence-corrected chi connectivity index (χ4v) is 3.49. The van der Waals surface area contributed by atoms with Crippen molar-refractivity contribution in [2.75, 3.05) is 19.6 Å². The Hall–Kier alpha value is -1.06. The lowest BCUT2D eigenvalue weighted by Crippen LogP contribution is -2.38. The summed E-state index contributed by atoms with van der Waals surface area (Å²) in [4.78, 5) is 14.5. The number of hydrogen-bond donors (Lipinski definition) is 1. The van der Waals surface area contributed by atoms with Gasteiger partial charge in [-0.25, -0.2) is 0 Å². The van der Waals surface area contributed by atoms with Crippen LogP contribution in [-0.4, -0.2) is 30.4 Å². The summed E-state index contributed by atoms with van der Waals surface area (Å²) in [7, 11) is 0. The van der Waals surface area contributed by atoms with E-state index in [1.807, 2.05) is 18.2 Å². The Morgan fingerprint density at radius 1 is 1.22 bits per heavy atom. The Morgan fingerprint density at radius 3 is 2.57 bits per heavy atom. The predicted molar refractivity (Wildman–Crippen MR) is 96.8 cm³/mol. The highest BCUT2D eigenvalue weighted by molar-refractivity contribution is 6.31. The molecule has 1 fully saturated rings. The molecule has 1 atom stereocenters. The molecule has 0 aliphatic carbocycles. The quantitative estimate of drug-likeness (QED) is 0.791. The molecule has 128 valence electrons. The van der Waals surface area contributed by atoms with E-state index in [2.05, 4.69) is 23.2 Å².